The number of hydrazone groups is 1. The fourth-order valence-corrected chi connectivity index (χ4v) is 4.28. The largest absolute Gasteiger partial charge is 0.496 e. The van der Waals surface area contributed by atoms with Gasteiger partial charge in [-0.25, -0.2) is 0 Å². The van der Waals surface area contributed by atoms with Gasteiger partial charge in [0, 0.05) is 13.8 Å². The van der Waals surface area contributed by atoms with Crippen molar-refractivity contribution in [3.63, 3.8) is 0 Å². The molecule has 0 heterocycles. The van der Waals surface area contributed by atoms with Gasteiger partial charge in [0.05, 0.1) is 30.9 Å². The molecule has 0 bridgehead atoms. The predicted octanol–water partition coefficient (Wildman–Crippen LogP) is 2.53. The second kappa shape index (κ2) is 12.0. The number of esters is 2. The molecule has 0 amide bonds. The molecule has 0 saturated carbocycles. The lowest BCUT2D eigenvalue weighted by Crippen LogP contribution is -2.43. The minimum absolute atomic E-state index is 0.0436. The molecule has 0 aliphatic rings. The first-order valence-electron chi connectivity index (χ1n) is 10.2. The van der Waals surface area contributed by atoms with Crippen molar-refractivity contribution in [1.82, 2.24) is 4.41 Å². The van der Waals surface area contributed by atoms with Crippen molar-refractivity contribution >= 4 is 28.2 Å². The smallest absolute Gasteiger partial charge is 0.302 e. The number of carbonyl (C=O) groups excluding carboxylic acids is 2. The highest BCUT2D eigenvalue weighted by molar-refractivity contribution is 7.89. The van der Waals surface area contributed by atoms with Gasteiger partial charge < -0.3 is 18.9 Å². The number of nitrogens with zero attached hydrogens (tertiary/aromatic N) is 2. The van der Waals surface area contributed by atoms with Crippen LogP contribution in [-0.4, -0.2) is 64.5 Å². The van der Waals surface area contributed by atoms with Crippen LogP contribution in [-0.2, 0) is 29.1 Å². The lowest BCUT2D eigenvalue weighted by atomic mass is 10.2. The van der Waals surface area contributed by atoms with E-state index in [1.807, 2.05) is 6.92 Å². The molecule has 10 nitrogen and oxygen atoms in total. The van der Waals surface area contributed by atoms with Crippen LogP contribution in [0.3, 0.4) is 0 Å². The average Bonchev–Trinajstić information content (AvgIpc) is 2.80. The first kappa shape index (κ1) is 26.7. The molecule has 0 aliphatic heterocycles. The Kier molecular flexibility index (Phi) is 9.43. The molecule has 184 valence electrons. The molecule has 2 rings (SSSR count). The lowest BCUT2D eigenvalue weighted by molar-refractivity contribution is -0.146. The summed E-state index contributed by atoms with van der Waals surface area (Å²) in [5.41, 5.74) is 1.25. The van der Waals surface area contributed by atoms with Gasteiger partial charge in [0.25, 0.3) is 10.0 Å². The minimum atomic E-state index is -4.25. The number of methoxy groups -OCH3 is 2. The number of ether oxygens (including phenoxy) is 4. The molecule has 0 N–H and O–H groups in total. The van der Waals surface area contributed by atoms with Crippen LogP contribution in [0.2, 0.25) is 0 Å². The third kappa shape index (κ3) is 6.95. The maximum absolute atomic E-state index is 13.6. The van der Waals surface area contributed by atoms with E-state index in [0.29, 0.717) is 17.1 Å². The third-order valence-electron chi connectivity index (χ3n) is 4.60. The summed E-state index contributed by atoms with van der Waals surface area (Å²) >= 11 is 0. The molecule has 11 heteroatoms. The van der Waals surface area contributed by atoms with E-state index in [1.54, 1.807) is 30.3 Å². The summed E-state index contributed by atoms with van der Waals surface area (Å²) in [7, 11) is -1.34. The zero-order chi connectivity index (χ0) is 25.3. The summed E-state index contributed by atoms with van der Waals surface area (Å²) in [6.07, 6.45) is 1.26. The molecule has 0 spiro atoms. The number of hydrogen-bond acceptors (Lipinski definition) is 9. The van der Waals surface area contributed by atoms with Gasteiger partial charge in [-0.3, -0.25) is 9.59 Å². The number of aryl methyl sites for hydroxylation is 1. The molecule has 0 unspecified atom stereocenters. The molecule has 2 aromatic carbocycles. The van der Waals surface area contributed by atoms with Gasteiger partial charge in [0.1, 0.15) is 30.8 Å². The minimum Gasteiger partial charge on any atom is -0.496 e. The van der Waals surface area contributed by atoms with Crippen molar-refractivity contribution in [2.75, 3.05) is 27.4 Å². The Morgan fingerprint density at radius 1 is 0.941 bits per heavy atom. The molecule has 0 atom stereocenters. The first-order valence-corrected chi connectivity index (χ1v) is 11.7. The van der Waals surface area contributed by atoms with Crippen molar-refractivity contribution in [2.24, 2.45) is 5.10 Å². The van der Waals surface area contributed by atoms with Crippen LogP contribution >= 0.6 is 0 Å². The quantitative estimate of drug-likeness (QED) is 0.267. The van der Waals surface area contributed by atoms with Gasteiger partial charge in [-0.1, -0.05) is 23.8 Å². The van der Waals surface area contributed by atoms with E-state index in [-0.39, 0.29) is 4.90 Å². The van der Waals surface area contributed by atoms with Gasteiger partial charge in [-0.15, -0.1) is 0 Å². The van der Waals surface area contributed by atoms with Gasteiger partial charge in [0.15, 0.2) is 0 Å². The molecule has 34 heavy (non-hydrogen) atoms. The summed E-state index contributed by atoms with van der Waals surface area (Å²) < 4.78 is 48.7. The molecule has 0 fully saturated rings. The summed E-state index contributed by atoms with van der Waals surface area (Å²) in [4.78, 5) is 22.8. The van der Waals surface area contributed by atoms with Crippen LogP contribution in [0.5, 0.6) is 11.5 Å². The van der Waals surface area contributed by atoms with E-state index in [0.717, 1.165) is 9.98 Å². The normalized spacial score (nSPS) is 11.4. The summed E-state index contributed by atoms with van der Waals surface area (Å²) in [5.74, 6) is -0.466. The Morgan fingerprint density at radius 3 is 1.88 bits per heavy atom. The van der Waals surface area contributed by atoms with Gasteiger partial charge in [-0.05, 0) is 31.2 Å². The molecule has 2 aromatic rings. The lowest BCUT2D eigenvalue weighted by Gasteiger charge is -2.28. The van der Waals surface area contributed by atoms with Gasteiger partial charge in [0.2, 0.25) is 0 Å². The third-order valence-corrected chi connectivity index (χ3v) is 6.35. The Hall–Kier alpha value is -3.60. The topological polar surface area (TPSA) is 121 Å². The van der Waals surface area contributed by atoms with E-state index in [1.165, 1.54) is 46.4 Å². The summed E-state index contributed by atoms with van der Waals surface area (Å²) in [6, 6.07) is 10.1. The summed E-state index contributed by atoms with van der Waals surface area (Å²) in [6.45, 7) is 3.40. The van der Waals surface area contributed by atoms with E-state index in [9.17, 15) is 18.0 Å². The zero-order valence-corrected chi connectivity index (χ0v) is 20.5. The second-order valence-electron chi connectivity index (χ2n) is 7.17. The summed E-state index contributed by atoms with van der Waals surface area (Å²) in [5, 5.41) is 4.22. The highest BCUT2D eigenvalue weighted by atomic mass is 32.2. The number of benzene rings is 2. The molecule has 0 aromatic heterocycles. The molecular weight excluding hydrogens is 464 g/mol. The Labute approximate surface area is 199 Å². The fourth-order valence-electron chi connectivity index (χ4n) is 2.90. The van der Waals surface area contributed by atoms with Crippen molar-refractivity contribution in [3.8, 4) is 11.5 Å². The molecular formula is C23H28N2O8S. The Morgan fingerprint density at radius 2 is 1.44 bits per heavy atom. The van der Waals surface area contributed by atoms with Crippen molar-refractivity contribution in [2.45, 2.75) is 31.7 Å². The van der Waals surface area contributed by atoms with Crippen LogP contribution in [0.4, 0.5) is 0 Å². The van der Waals surface area contributed by atoms with E-state index >= 15 is 0 Å². The molecule has 0 radical (unpaired) electrons. The fraction of sp³-hybridized carbons (Fsp3) is 0.348. The zero-order valence-electron chi connectivity index (χ0n) is 19.7. The first-order chi connectivity index (χ1) is 16.1. The van der Waals surface area contributed by atoms with Crippen LogP contribution in [0.25, 0.3) is 0 Å². The van der Waals surface area contributed by atoms with Crippen molar-refractivity contribution < 1.29 is 37.0 Å². The van der Waals surface area contributed by atoms with Gasteiger partial charge in [-0.2, -0.15) is 17.9 Å². The van der Waals surface area contributed by atoms with Crippen LogP contribution in [0.15, 0.2) is 52.5 Å². The van der Waals surface area contributed by atoms with Crippen LogP contribution in [0.1, 0.15) is 25.0 Å². The average molecular weight is 493 g/mol. The highest BCUT2D eigenvalue weighted by Gasteiger charge is 2.32. The molecule has 0 saturated heterocycles. The second-order valence-corrected chi connectivity index (χ2v) is 8.97. The number of sulfonamides is 1. The van der Waals surface area contributed by atoms with Crippen LogP contribution in [0, 0.1) is 6.92 Å². The maximum Gasteiger partial charge on any atom is 0.302 e. The number of rotatable bonds is 11. The predicted molar refractivity (Wildman–Crippen MR) is 124 cm³/mol. The van der Waals surface area contributed by atoms with Crippen molar-refractivity contribution in [1.29, 1.82) is 0 Å². The Bertz CT molecular complexity index is 1090. The monoisotopic (exact) mass is 492 g/mol. The highest BCUT2D eigenvalue weighted by Crippen LogP contribution is 2.27. The number of carbonyl (C=O) groups is 2. The maximum atomic E-state index is 13.6. The SMILES string of the molecule is COc1cccc(OC)c1/C=N/N(C(COC(C)=O)COC(C)=O)S(=O)(=O)c1ccc(C)cc1. The molecule has 0 aliphatic carbocycles. The standard InChI is InChI=1S/C23H28N2O8S/c1-16-9-11-20(12-10-16)34(28,29)25(19(14-32-17(2)26)15-33-18(3)27)24-13-21-22(30-4)7-6-8-23(21)31-5/h6-13,19H,14-15H2,1-5H3/b24-13+. The van der Waals surface area contributed by atoms with E-state index in [4.69, 9.17) is 18.9 Å². The van der Waals surface area contributed by atoms with E-state index < -0.39 is 41.2 Å². The van der Waals surface area contributed by atoms with Crippen LogP contribution < -0.4 is 9.47 Å². The van der Waals surface area contributed by atoms with E-state index in [2.05, 4.69) is 5.10 Å². The number of hydrogen-bond donors (Lipinski definition) is 0. The Balaban J connectivity index is 2.62. The van der Waals surface area contributed by atoms with Crippen molar-refractivity contribution in [3.05, 3.63) is 53.6 Å². The van der Waals surface area contributed by atoms with Gasteiger partial charge >= 0.3 is 11.9 Å².